The molecule has 1 amide bonds. The van der Waals surface area contributed by atoms with E-state index in [1.165, 1.54) is 23.9 Å². The number of hydrogen-bond acceptors (Lipinski definition) is 8. The van der Waals surface area contributed by atoms with Crippen LogP contribution in [0.3, 0.4) is 0 Å². The van der Waals surface area contributed by atoms with Gasteiger partial charge in [-0.2, -0.15) is 0 Å². The Morgan fingerprint density at radius 3 is 2.61 bits per heavy atom. The van der Waals surface area contributed by atoms with Crippen molar-refractivity contribution in [1.82, 2.24) is 5.32 Å². The summed E-state index contributed by atoms with van der Waals surface area (Å²) in [7, 11) is 0. The van der Waals surface area contributed by atoms with Gasteiger partial charge in [0.15, 0.2) is 0 Å². The molecule has 3 aliphatic rings. The zero-order valence-corrected chi connectivity index (χ0v) is 28.1. The average molecular weight is 649 g/mol. The fourth-order valence-electron chi connectivity index (χ4n) is 8.19. The molecular weight excluding hydrogens is 604 g/mol. The maximum atomic E-state index is 13.6. The number of nitrogens with one attached hydrogen (secondary N) is 1. The summed E-state index contributed by atoms with van der Waals surface area (Å²) >= 11 is 7.43. The van der Waals surface area contributed by atoms with Crippen molar-refractivity contribution in [2.45, 2.75) is 90.6 Å². The lowest BCUT2D eigenvalue weighted by molar-refractivity contribution is -0.384. The smallest absolute Gasteiger partial charge is 0.316 e. The standard InChI is InChI=1S/C33H45ClN2O7S/c1-8-31(6)16-25(32(7)19(2)11-13-33(20(3)28(31)39)14-12-24(37)27(32)33)43-26(38)17-44-30(4,5)18-35-29(40)22-15-21(36(41)42)9-10-23(22)34/h8-10,15,19-20,25,27-28,39H,1,11-14,16-18H2,2-7H3,(H,35,40)/t19-,20+,25-,27-,28+,31-,32+,33+/m1/s1. The third-order valence-electron chi connectivity index (χ3n) is 11.2. The molecule has 242 valence electrons. The minimum Gasteiger partial charge on any atom is -0.461 e. The zero-order valence-electron chi connectivity index (χ0n) is 26.5. The minimum absolute atomic E-state index is 0.000451. The van der Waals surface area contributed by atoms with E-state index in [0.717, 1.165) is 25.3 Å². The number of amides is 1. The van der Waals surface area contributed by atoms with Gasteiger partial charge in [-0.3, -0.25) is 24.5 Å². The Balaban J connectivity index is 1.49. The summed E-state index contributed by atoms with van der Waals surface area (Å²) in [6, 6.07) is 3.68. The predicted octanol–water partition coefficient (Wildman–Crippen LogP) is 6.40. The number of nitro groups is 1. The van der Waals surface area contributed by atoms with Gasteiger partial charge in [0.05, 0.1) is 27.4 Å². The van der Waals surface area contributed by atoms with E-state index in [-0.39, 0.29) is 57.5 Å². The summed E-state index contributed by atoms with van der Waals surface area (Å²) in [4.78, 5) is 50.4. The highest BCUT2D eigenvalue weighted by Gasteiger charge is 2.68. The molecule has 2 N–H and O–H groups in total. The molecule has 3 aliphatic carbocycles. The van der Waals surface area contributed by atoms with E-state index in [2.05, 4.69) is 32.7 Å². The third-order valence-corrected chi connectivity index (χ3v) is 12.9. The number of halogens is 1. The molecule has 0 aromatic heterocycles. The molecule has 0 spiro atoms. The Morgan fingerprint density at radius 2 is 1.98 bits per heavy atom. The van der Waals surface area contributed by atoms with E-state index >= 15 is 0 Å². The van der Waals surface area contributed by atoms with Crippen molar-refractivity contribution < 1.29 is 29.2 Å². The van der Waals surface area contributed by atoms with Gasteiger partial charge in [-0.15, -0.1) is 18.3 Å². The van der Waals surface area contributed by atoms with Crippen molar-refractivity contribution in [3.05, 3.63) is 51.6 Å². The average Bonchev–Trinajstić information content (AvgIpc) is 3.33. The van der Waals surface area contributed by atoms with Crippen LogP contribution in [0.2, 0.25) is 5.02 Å². The number of carbonyl (C=O) groups is 3. The summed E-state index contributed by atoms with van der Waals surface area (Å²) in [5.41, 5.74) is -1.89. The Bertz CT molecular complexity index is 1350. The Morgan fingerprint density at radius 1 is 1.30 bits per heavy atom. The number of Topliss-reactive ketones (excluding diaryl/α,β-unsaturated/α-hetero) is 1. The first-order valence-electron chi connectivity index (χ1n) is 15.3. The highest BCUT2D eigenvalue weighted by atomic mass is 35.5. The van der Waals surface area contributed by atoms with Gasteiger partial charge in [0.25, 0.3) is 11.6 Å². The molecule has 4 rings (SSSR count). The lowest BCUT2D eigenvalue weighted by Gasteiger charge is -2.61. The van der Waals surface area contributed by atoms with Crippen molar-refractivity contribution in [3.8, 4) is 0 Å². The second-order valence-electron chi connectivity index (χ2n) is 14.2. The zero-order chi connectivity index (χ0) is 32.8. The largest absolute Gasteiger partial charge is 0.461 e. The number of non-ortho nitro benzene ring substituents is 1. The van der Waals surface area contributed by atoms with Crippen LogP contribution in [0.25, 0.3) is 0 Å². The molecule has 0 radical (unpaired) electrons. The first-order valence-corrected chi connectivity index (χ1v) is 16.7. The van der Waals surface area contributed by atoms with Gasteiger partial charge in [-0.25, -0.2) is 0 Å². The predicted molar refractivity (Wildman–Crippen MR) is 172 cm³/mol. The molecule has 3 saturated carbocycles. The summed E-state index contributed by atoms with van der Waals surface area (Å²) in [5, 5.41) is 25.7. The Hall–Kier alpha value is -2.43. The van der Waals surface area contributed by atoms with Crippen molar-refractivity contribution in [3.63, 3.8) is 0 Å². The maximum absolute atomic E-state index is 13.6. The number of benzene rings is 1. The van der Waals surface area contributed by atoms with E-state index in [0.29, 0.717) is 12.8 Å². The third kappa shape index (κ3) is 6.06. The van der Waals surface area contributed by atoms with Crippen molar-refractivity contribution in [2.75, 3.05) is 12.3 Å². The second-order valence-corrected chi connectivity index (χ2v) is 16.3. The normalized spacial score (nSPS) is 35.2. The SMILES string of the molecule is C=C[C@]1(C)C[C@@H](OC(=O)CSC(C)(C)CNC(=O)c2cc([N+](=O)[O-])ccc2Cl)[C@]2(C)[C@H](C)CC[C@]3(CCC(=O)[C@@H]32)[C@@H](C)[C@@H]1O. The maximum Gasteiger partial charge on any atom is 0.316 e. The molecule has 1 aromatic rings. The molecule has 11 heteroatoms. The molecule has 9 nitrogen and oxygen atoms in total. The topological polar surface area (TPSA) is 136 Å². The molecule has 0 aliphatic heterocycles. The van der Waals surface area contributed by atoms with Crippen LogP contribution < -0.4 is 5.32 Å². The number of aliphatic hydroxyl groups is 1. The highest BCUT2D eigenvalue weighted by molar-refractivity contribution is 8.01. The Kier molecular flexibility index (Phi) is 9.71. The van der Waals surface area contributed by atoms with Crippen LogP contribution in [0.1, 0.15) is 84.0 Å². The van der Waals surface area contributed by atoms with Crippen LogP contribution in [0.15, 0.2) is 30.9 Å². The molecule has 0 saturated heterocycles. The number of hydrogen-bond donors (Lipinski definition) is 2. The van der Waals surface area contributed by atoms with E-state index in [1.807, 2.05) is 20.8 Å². The number of nitrogens with zero attached hydrogens (tertiary/aromatic N) is 1. The number of rotatable bonds is 9. The monoisotopic (exact) mass is 648 g/mol. The number of ether oxygens (including phenoxy) is 1. The number of nitro benzene ring substituents is 1. The summed E-state index contributed by atoms with van der Waals surface area (Å²) in [6.07, 6.45) is 3.79. The Labute approximate surface area is 269 Å². The number of aliphatic hydroxyl groups excluding tert-OH is 1. The van der Waals surface area contributed by atoms with Crippen molar-refractivity contribution in [2.24, 2.45) is 34.0 Å². The fourth-order valence-corrected chi connectivity index (χ4v) is 9.14. The van der Waals surface area contributed by atoms with Crippen LogP contribution in [0.5, 0.6) is 0 Å². The molecule has 2 bridgehead atoms. The van der Waals surface area contributed by atoms with Gasteiger partial charge in [-0.1, -0.05) is 45.4 Å². The van der Waals surface area contributed by atoms with Gasteiger partial charge in [0.2, 0.25) is 0 Å². The molecule has 0 unspecified atom stereocenters. The van der Waals surface area contributed by atoms with Crippen LogP contribution in [-0.4, -0.2) is 56.9 Å². The summed E-state index contributed by atoms with van der Waals surface area (Å²) in [6.45, 7) is 16.3. The van der Waals surface area contributed by atoms with Crippen LogP contribution >= 0.6 is 23.4 Å². The quantitative estimate of drug-likeness (QED) is 0.136. The first kappa shape index (κ1) is 34.4. The molecular formula is C33H45ClN2O7S. The van der Waals surface area contributed by atoms with Gasteiger partial charge in [0.1, 0.15) is 11.9 Å². The van der Waals surface area contributed by atoms with Gasteiger partial charge >= 0.3 is 5.97 Å². The fraction of sp³-hybridized carbons (Fsp3) is 0.667. The summed E-state index contributed by atoms with van der Waals surface area (Å²) in [5.74, 6) is -1.03. The van der Waals surface area contributed by atoms with Crippen molar-refractivity contribution in [1.29, 1.82) is 0 Å². The van der Waals surface area contributed by atoms with E-state index < -0.39 is 44.6 Å². The van der Waals surface area contributed by atoms with E-state index in [1.54, 1.807) is 6.08 Å². The first-order chi connectivity index (χ1) is 20.4. The number of thioether (sulfide) groups is 1. The second kappa shape index (κ2) is 12.4. The van der Waals surface area contributed by atoms with E-state index in [9.17, 15) is 29.6 Å². The highest BCUT2D eigenvalue weighted by Crippen LogP contribution is 2.68. The minimum atomic E-state index is -0.732. The molecule has 3 fully saturated rings. The molecule has 0 heterocycles. The van der Waals surface area contributed by atoms with Crippen molar-refractivity contribution >= 4 is 46.7 Å². The van der Waals surface area contributed by atoms with Crippen LogP contribution in [-0.2, 0) is 14.3 Å². The van der Waals surface area contributed by atoms with Gasteiger partial charge in [-0.05, 0) is 62.8 Å². The lowest BCUT2D eigenvalue weighted by atomic mass is 9.44. The van der Waals surface area contributed by atoms with Gasteiger partial charge < -0.3 is 15.2 Å². The number of esters is 1. The lowest BCUT2D eigenvalue weighted by Crippen LogP contribution is -2.63. The molecule has 1 aromatic carbocycles. The van der Waals surface area contributed by atoms with Gasteiger partial charge in [0, 0.05) is 46.6 Å². The van der Waals surface area contributed by atoms with E-state index in [4.69, 9.17) is 16.3 Å². The number of carbonyl (C=O) groups excluding carboxylic acids is 3. The molecule has 44 heavy (non-hydrogen) atoms. The summed E-state index contributed by atoms with van der Waals surface area (Å²) < 4.78 is 5.73. The van der Waals surface area contributed by atoms with Crippen LogP contribution in [0, 0.1) is 44.1 Å². The molecule has 8 atom stereocenters. The number of ketones is 1. The van der Waals surface area contributed by atoms with Crippen LogP contribution in [0.4, 0.5) is 5.69 Å².